The van der Waals surface area contributed by atoms with Gasteiger partial charge in [-0.15, -0.1) is 0 Å². The van der Waals surface area contributed by atoms with Gasteiger partial charge in [-0.05, 0) is 60.5 Å². The maximum Gasteiger partial charge on any atom is 0.311 e. The third kappa shape index (κ3) is 4.75. The molecular formula is C27H22N2O6. The zero-order chi connectivity index (χ0) is 24.4. The van der Waals surface area contributed by atoms with E-state index in [1.165, 1.54) is 6.07 Å². The molecule has 0 radical (unpaired) electrons. The van der Waals surface area contributed by atoms with Crippen molar-refractivity contribution in [3.63, 3.8) is 0 Å². The Hall–Kier alpha value is -4.51. The minimum absolute atomic E-state index is 0.0859. The van der Waals surface area contributed by atoms with Gasteiger partial charge in [-0.25, -0.2) is 0 Å². The standard InChI is InChI=1S/C27H22N2O6/c28-14-16-5-10-24-21(11-16)22(27(31)32)13-25(35-24)34-20-8-6-17(7-9-20)26(30)29-19-12-18-3-1-2-4-23(18)33-15-19/h1-11,19,22,25H,12-13,15H2,(H,29,30)(H,31,32). The van der Waals surface area contributed by atoms with Gasteiger partial charge in [-0.3, -0.25) is 9.59 Å². The number of carboxylic acid groups (broad SMARTS) is 1. The Morgan fingerprint density at radius 2 is 1.86 bits per heavy atom. The van der Waals surface area contributed by atoms with Gasteiger partial charge in [0.05, 0.1) is 23.6 Å². The molecule has 176 valence electrons. The molecule has 2 heterocycles. The first-order valence-electron chi connectivity index (χ1n) is 11.2. The molecule has 0 spiro atoms. The topological polar surface area (TPSA) is 118 Å². The number of carboxylic acids is 1. The fourth-order valence-corrected chi connectivity index (χ4v) is 4.34. The van der Waals surface area contributed by atoms with E-state index < -0.39 is 18.2 Å². The van der Waals surface area contributed by atoms with Crippen molar-refractivity contribution in [2.24, 2.45) is 0 Å². The molecule has 0 saturated heterocycles. The normalized spacial score (nSPS) is 20.1. The van der Waals surface area contributed by atoms with Crippen molar-refractivity contribution >= 4 is 11.9 Å². The van der Waals surface area contributed by atoms with E-state index in [4.69, 9.17) is 19.5 Å². The van der Waals surface area contributed by atoms with Gasteiger partial charge in [0.15, 0.2) is 0 Å². The van der Waals surface area contributed by atoms with Crippen molar-refractivity contribution in [2.75, 3.05) is 6.61 Å². The monoisotopic (exact) mass is 470 g/mol. The van der Waals surface area contributed by atoms with Crippen LogP contribution in [0.2, 0.25) is 0 Å². The number of ether oxygens (including phenoxy) is 3. The predicted octanol–water partition coefficient (Wildman–Crippen LogP) is 3.65. The zero-order valence-corrected chi connectivity index (χ0v) is 18.6. The number of fused-ring (bicyclic) bond motifs is 2. The number of nitriles is 1. The SMILES string of the molecule is N#Cc1ccc2c(c1)C(C(=O)O)CC(Oc1ccc(C(=O)NC3COc4ccccc4C3)cc1)O2. The highest BCUT2D eigenvalue weighted by molar-refractivity contribution is 5.94. The van der Waals surface area contributed by atoms with Gasteiger partial charge in [0.1, 0.15) is 23.9 Å². The summed E-state index contributed by atoms with van der Waals surface area (Å²) < 4.78 is 17.4. The number of carbonyl (C=O) groups excluding carboxylic acids is 1. The van der Waals surface area contributed by atoms with Gasteiger partial charge < -0.3 is 24.6 Å². The highest BCUT2D eigenvalue weighted by atomic mass is 16.7. The third-order valence-electron chi connectivity index (χ3n) is 6.10. The molecule has 2 aliphatic heterocycles. The summed E-state index contributed by atoms with van der Waals surface area (Å²) in [6, 6.07) is 20.9. The van der Waals surface area contributed by atoms with E-state index >= 15 is 0 Å². The molecule has 3 aromatic carbocycles. The Bertz CT molecular complexity index is 1310. The Balaban J connectivity index is 1.22. The molecule has 8 heteroatoms. The van der Waals surface area contributed by atoms with Crippen molar-refractivity contribution in [1.82, 2.24) is 5.32 Å². The molecule has 3 aromatic rings. The first-order valence-corrected chi connectivity index (χ1v) is 11.2. The minimum atomic E-state index is -1.01. The van der Waals surface area contributed by atoms with Gasteiger partial charge in [0.25, 0.3) is 5.91 Å². The molecule has 0 bridgehead atoms. The molecule has 0 aromatic heterocycles. The lowest BCUT2D eigenvalue weighted by Gasteiger charge is -2.30. The van der Waals surface area contributed by atoms with E-state index in [1.54, 1.807) is 36.4 Å². The highest BCUT2D eigenvalue weighted by Crippen LogP contribution is 2.38. The van der Waals surface area contributed by atoms with E-state index in [-0.39, 0.29) is 18.4 Å². The number of nitrogens with one attached hydrogen (secondary N) is 1. The second kappa shape index (κ2) is 9.39. The zero-order valence-electron chi connectivity index (χ0n) is 18.6. The Morgan fingerprint density at radius 3 is 2.63 bits per heavy atom. The van der Waals surface area contributed by atoms with E-state index in [2.05, 4.69) is 5.32 Å². The molecule has 3 unspecified atom stereocenters. The lowest BCUT2D eigenvalue weighted by Crippen LogP contribution is -2.42. The average molecular weight is 470 g/mol. The molecule has 0 aliphatic carbocycles. The third-order valence-corrected chi connectivity index (χ3v) is 6.10. The van der Waals surface area contributed by atoms with E-state index in [9.17, 15) is 14.7 Å². The Kier molecular flexibility index (Phi) is 5.98. The van der Waals surface area contributed by atoms with E-state index in [0.29, 0.717) is 41.2 Å². The smallest absolute Gasteiger partial charge is 0.311 e. The largest absolute Gasteiger partial charge is 0.491 e. The molecule has 2 aliphatic rings. The van der Waals surface area contributed by atoms with Crippen molar-refractivity contribution in [3.05, 3.63) is 89.0 Å². The van der Waals surface area contributed by atoms with Crippen LogP contribution in [-0.2, 0) is 11.2 Å². The van der Waals surface area contributed by atoms with Crippen LogP contribution in [0.3, 0.4) is 0 Å². The maximum absolute atomic E-state index is 12.7. The molecule has 2 N–H and O–H groups in total. The lowest BCUT2D eigenvalue weighted by molar-refractivity contribution is -0.141. The van der Waals surface area contributed by atoms with Gasteiger partial charge in [-0.1, -0.05) is 18.2 Å². The van der Waals surface area contributed by atoms with Gasteiger partial charge in [-0.2, -0.15) is 5.26 Å². The first kappa shape index (κ1) is 22.3. The predicted molar refractivity (Wildman–Crippen MR) is 125 cm³/mol. The molecule has 35 heavy (non-hydrogen) atoms. The highest BCUT2D eigenvalue weighted by Gasteiger charge is 2.34. The van der Waals surface area contributed by atoms with Crippen molar-refractivity contribution in [1.29, 1.82) is 5.26 Å². The number of hydrogen-bond acceptors (Lipinski definition) is 6. The molecule has 3 atom stereocenters. The second-order valence-corrected chi connectivity index (χ2v) is 8.47. The molecule has 5 rings (SSSR count). The summed E-state index contributed by atoms with van der Waals surface area (Å²) in [5, 5.41) is 21.8. The lowest BCUT2D eigenvalue weighted by atomic mass is 9.91. The van der Waals surface area contributed by atoms with Crippen LogP contribution >= 0.6 is 0 Å². The summed E-state index contributed by atoms with van der Waals surface area (Å²) >= 11 is 0. The Morgan fingerprint density at radius 1 is 1.06 bits per heavy atom. The van der Waals surface area contributed by atoms with Crippen LogP contribution in [-0.4, -0.2) is 35.9 Å². The number of aliphatic carboxylic acids is 1. The van der Waals surface area contributed by atoms with E-state index in [0.717, 1.165) is 11.3 Å². The Labute approximate surface area is 201 Å². The number of carbonyl (C=O) groups is 2. The van der Waals surface area contributed by atoms with Gasteiger partial charge in [0.2, 0.25) is 6.29 Å². The van der Waals surface area contributed by atoms with Crippen molar-refractivity contribution in [3.8, 4) is 23.3 Å². The number of nitrogens with zero attached hydrogens (tertiary/aromatic N) is 1. The minimum Gasteiger partial charge on any atom is -0.491 e. The number of amides is 1. The number of para-hydroxylation sites is 1. The molecule has 0 saturated carbocycles. The van der Waals surface area contributed by atoms with Crippen LogP contribution in [0.25, 0.3) is 0 Å². The average Bonchev–Trinajstić information content (AvgIpc) is 2.88. The van der Waals surface area contributed by atoms with Gasteiger partial charge >= 0.3 is 5.97 Å². The van der Waals surface area contributed by atoms with Crippen molar-refractivity contribution in [2.45, 2.75) is 31.1 Å². The molecule has 1 amide bonds. The maximum atomic E-state index is 12.7. The van der Waals surface area contributed by atoms with Crippen LogP contribution in [0.5, 0.6) is 17.2 Å². The van der Waals surface area contributed by atoms with Crippen LogP contribution in [0.15, 0.2) is 66.7 Å². The summed E-state index contributed by atoms with van der Waals surface area (Å²) in [6.45, 7) is 0.408. The molecule has 8 nitrogen and oxygen atoms in total. The number of rotatable bonds is 5. The summed E-state index contributed by atoms with van der Waals surface area (Å²) in [5.41, 5.74) is 2.36. The fourth-order valence-electron chi connectivity index (χ4n) is 4.34. The quantitative estimate of drug-likeness (QED) is 0.584. The van der Waals surface area contributed by atoms with Crippen LogP contribution in [0, 0.1) is 11.3 Å². The first-order chi connectivity index (χ1) is 17.0. The number of benzene rings is 3. The second-order valence-electron chi connectivity index (χ2n) is 8.47. The molecular weight excluding hydrogens is 448 g/mol. The van der Waals surface area contributed by atoms with Gasteiger partial charge in [0, 0.05) is 17.5 Å². The molecule has 0 fully saturated rings. The van der Waals surface area contributed by atoms with E-state index in [1.807, 2.05) is 30.3 Å². The van der Waals surface area contributed by atoms with Crippen molar-refractivity contribution < 1.29 is 28.9 Å². The van der Waals surface area contributed by atoms with Crippen LogP contribution in [0.1, 0.15) is 39.4 Å². The number of hydrogen-bond donors (Lipinski definition) is 2. The van der Waals surface area contributed by atoms with Crippen LogP contribution in [0.4, 0.5) is 0 Å². The fraction of sp³-hybridized carbons (Fsp3) is 0.222. The summed E-state index contributed by atoms with van der Waals surface area (Å²) in [4.78, 5) is 24.5. The summed E-state index contributed by atoms with van der Waals surface area (Å²) in [6.07, 6.45) is -0.0389. The summed E-state index contributed by atoms with van der Waals surface area (Å²) in [7, 11) is 0. The summed E-state index contributed by atoms with van der Waals surface area (Å²) in [5.74, 6) is -0.415. The van der Waals surface area contributed by atoms with Crippen LogP contribution < -0.4 is 19.5 Å².